The number of benzene rings is 1. The van der Waals surface area contributed by atoms with Crippen LogP contribution in [0.2, 0.25) is 0 Å². The maximum absolute atomic E-state index is 11.5. The summed E-state index contributed by atoms with van der Waals surface area (Å²) in [5.41, 5.74) is 1.61. The first-order valence-electron chi connectivity index (χ1n) is 5.45. The molecule has 1 unspecified atom stereocenters. The quantitative estimate of drug-likeness (QED) is 0.827. The van der Waals surface area contributed by atoms with Gasteiger partial charge in [-0.1, -0.05) is 12.1 Å². The predicted octanol–water partition coefficient (Wildman–Crippen LogP) is 1.31. The first-order valence-corrected chi connectivity index (χ1v) is 5.45. The van der Waals surface area contributed by atoms with Crippen molar-refractivity contribution in [3.8, 4) is 0 Å². The van der Waals surface area contributed by atoms with Crippen molar-refractivity contribution in [1.29, 1.82) is 0 Å². The number of aliphatic carboxylic acids is 1. The zero-order chi connectivity index (χ0) is 12.4. The minimum Gasteiger partial charge on any atom is -0.481 e. The highest BCUT2D eigenvalue weighted by atomic mass is 16.4. The lowest BCUT2D eigenvalue weighted by Gasteiger charge is -2.35. The fourth-order valence-corrected chi connectivity index (χ4v) is 2.02. The van der Waals surface area contributed by atoms with Crippen LogP contribution in [0.3, 0.4) is 0 Å². The monoisotopic (exact) mass is 234 g/mol. The third-order valence-electron chi connectivity index (χ3n) is 2.80. The number of carbonyl (C=O) groups is 2. The number of para-hydroxylation sites is 2. The van der Waals surface area contributed by atoms with Gasteiger partial charge in [0.2, 0.25) is 5.91 Å². The van der Waals surface area contributed by atoms with Gasteiger partial charge in [0.1, 0.15) is 0 Å². The maximum Gasteiger partial charge on any atom is 0.305 e. The Morgan fingerprint density at radius 3 is 2.94 bits per heavy atom. The normalized spacial score (nSPS) is 16.1. The van der Waals surface area contributed by atoms with E-state index < -0.39 is 5.97 Å². The topological polar surface area (TPSA) is 69.6 Å². The van der Waals surface area contributed by atoms with Crippen LogP contribution in [0.4, 0.5) is 11.4 Å². The third kappa shape index (κ3) is 2.38. The van der Waals surface area contributed by atoms with Crippen molar-refractivity contribution in [3.63, 3.8) is 0 Å². The number of carboxylic acids is 1. The SMILES string of the molecule is CC(CC(=O)O)N1CC(=O)Nc2ccccc21. The van der Waals surface area contributed by atoms with Crippen LogP contribution in [0.25, 0.3) is 0 Å². The zero-order valence-electron chi connectivity index (χ0n) is 9.51. The van der Waals surface area contributed by atoms with Crippen LogP contribution in [0, 0.1) is 0 Å². The van der Waals surface area contributed by atoms with Gasteiger partial charge in [-0.3, -0.25) is 9.59 Å². The molecule has 2 N–H and O–H groups in total. The molecule has 1 atom stereocenters. The first-order chi connectivity index (χ1) is 8.08. The number of nitrogens with one attached hydrogen (secondary N) is 1. The summed E-state index contributed by atoms with van der Waals surface area (Å²) in [6.45, 7) is 2.01. The van der Waals surface area contributed by atoms with E-state index in [1.165, 1.54) is 0 Å². The summed E-state index contributed by atoms with van der Waals surface area (Å²) in [4.78, 5) is 24.1. The van der Waals surface area contributed by atoms with Crippen molar-refractivity contribution in [2.45, 2.75) is 19.4 Å². The van der Waals surface area contributed by atoms with Crippen molar-refractivity contribution in [3.05, 3.63) is 24.3 Å². The predicted molar refractivity (Wildman–Crippen MR) is 64.1 cm³/mol. The van der Waals surface area contributed by atoms with E-state index in [1.807, 2.05) is 36.1 Å². The number of rotatable bonds is 3. The molecule has 0 aliphatic carbocycles. The minimum atomic E-state index is -0.860. The standard InChI is InChI=1S/C12H14N2O3/c1-8(6-12(16)17)14-7-11(15)13-9-4-2-3-5-10(9)14/h2-5,8H,6-7H2,1H3,(H,13,15)(H,16,17). The van der Waals surface area contributed by atoms with Crippen molar-refractivity contribution in [1.82, 2.24) is 0 Å². The van der Waals surface area contributed by atoms with Gasteiger partial charge in [0.05, 0.1) is 24.3 Å². The molecule has 2 rings (SSSR count). The van der Waals surface area contributed by atoms with Crippen molar-refractivity contribution >= 4 is 23.3 Å². The van der Waals surface area contributed by atoms with Crippen LogP contribution >= 0.6 is 0 Å². The number of hydrogen-bond donors (Lipinski definition) is 2. The number of carboxylic acid groups (broad SMARTS) is 1. The highest BCUT2D eigenvalue weighted by molar-refractivity contribution is 6.01. The summed E-state index contributed by atoms with van der Waals surface area (Å²) in [6.07, 6.45) is 0.0155. The third-order valence-corrected chi connectivity index (χ3v) is 2.80. The Morgan fingerprint density at radius 1 is 1.53 bits per heavy atom. The average molecular weight is 234 g/mol. The van der Waals surface area contributed by atoms with Gasteiger partial charge < -0.3 is 15.3 Å². The van der Waals surface area contributed by atoms with Crippen LogP contribution in [-0.2, 0) is 9.59 Å². The van der Waals surface area contributed by atoms with Crippen molar-refractivity contribution in [2.24, 2.45) is 0 Å². The molecular formula is C12H14N2O3. The van der Waals surface area contributed by atoms with E-state index >= 15 is 0 Å². The number of hydrogen-bond acceptors (Lipinski definition) is 3. The van der Waals surface area contributed by atoms with E-state index in [0.29, 0.717) is 0 Å². The molecule has 1 aliphatic heterocycles. The van der Waals surface area contributed by atoms with E-state index in [1.54, 1.807) is 0 Å². The average Bonchev–Trinajstić information content (AvgIpc) is 2.26. The molecule has 0 spiro atoms. The van der Waals surface area contributed by atoms with Crippen LogP contribution in [-0.4, -0.2) is 29.6 Å². The Morgan fingerprint density at radius 2 is 2.24 bits per heavy atom. The van der Waals surface area contributed by atoms with E-state index in [-0.39, 0.29) is 24.9 Å². The second-order valence-corrected chi connectivity index (χ2v) is 4.14. The van der Waals surface area contributed by atoms with E-state index in [9.17, 15) is 9.59 Å². The van der Waals surface area contributed by atoms with E-state index in [0.717, 1.165) is 11.4 Å². The summed E-state index contributed by atoms with van der Waals surface area (Å²) in [6, 6.07) is 7.20. The van der Waals surface area contributed by atoms with Gasteiger partial charge in [-0.15, -0.1) is 0 Å². The van der Waals surface area contributed by atoms with Gasteiger partial charge in [-0.25, -0.2) is 0 Å². The summed E-state index contributed by atoms with van der Waals surface area (Å²) >= 11 is 0. The summed E-state index contributed by atoms with van der Waals surface area (Å²) in [5, 5.41) is 11.6. The lowest BCUT2D eigenvalue weighted by atomic mass is 10.1. The van der Waals surface area contributed by atoms with Gasteiger partial charge in [0.15, 0.2) is 0 Å². The van der Waals surface area contributed by atoms with Crippen molar-refractivity contribution < 1.29 is 14.7 Å². The number of carbonyl (C=O) groups excluding carboxylic acids is 1. The molecule has 1 amide bonds. The lowest BCUT2D eigenvalue weighted by Crippen LogP contribution is -2.44. The fourth-order valence-electron chi connectivity index (χ4n) is 2.02. The highest BCUT2D eigenvalue weighted by Gasteiger charge is 2.26. The summed E-state index contributed by atoms with van der Waals surface area (Å²) in [7, 11) is 0. The number of fused-ring (bicyclic) bond motifs is 1. The Balaban J connectivity index is 2.29. The molecule has 0 bridgehead atoms. The van der Waals surface area contributed by atoms with Crippen LogP contribution < -0.4 is 10.2 Å². The van der Waals surface area contributed by atoms with Crippen LogP contribution in [0.1, 0.15) is 13.3 Å². The second kappa shape index (κ2) is 4.45. The number of nitrogens with zero attached hydrogens (tertiary/aromatic N) is 1. The maximum atomic E-state index is 11.5. The van der Waals surface area contributed by atoms with Gasteiger partial charge in [-0.2, -0.15) is 0 Å². The van der Waals surface area contributed by atoms with E-state index in [4.69, 9.17) is 5.11 Å². The molecule has 5 nitrogen and oxygen atoms in total. The molecule has 1 aromatic rings. The number of anilines is 2. The molecule has 1 aliphatic rings. The van der Waals surface area contributed by atoms with E-state index in [2.05, 4.69) is 5.32 Å². The van der Waals surface area contributed by atoms with Gasteiger partial charge in [-0.05, 0) is 19.1 Å². The highest BCUT2D eigenvalue weighted by Crippen LogP contribution is 2.30. The molecule has 1 aromatic carbocycles. The Bertz CT molecular complexity index is 459. The molecule has 0 saturated carbocycles. The molecule has 17 heavy (non-hydrogen) atoms. The lowest BCUT2D eigenvalue weighted by molar-refractivity contribution is -0.137. The largest absolute Gasteiger partial charge is 0.481 e. The molecule has 0 fully saturated rings. The number of amides is 1. The smallest absolute Gasteiger partial charge is 0.305 e. The van der Waals surface area contributed by atoms with Gasteiger partial charge in [0.25, 0.3) is 0 Å². The molecule has 90 valence electrons. The molecule has 0 aromatic heterocycles. The molecule has 1 heterocycles. The first kappa shape index (κ1) is 11.4. The van der Waals surface area contributed by atoms with Gasteiger partial charge in [0, 0.05) is 6.04 Å². The fraction of sp³-hybridized carbons (Fsp3) is 0.333. The minimum absolute atomic E-state index is 0.0155. The Hall–Kier alpha value is -2.04. The van der Waals surface area contributed by atoms with Crippen LogP contribution in [0.15, 0.2) is 24.3 Å². The summed E-state index contributed by atoms with van der Waals surface area (Å²) < 4.78 is 0. The molecule has 0 saturated heterocycles. The second-order valence-electron chi connectivity index (χ2n) is 4.14. The van der Waals surface area contributed by atoms with Crippen LogP contribution in [0.5, 0.6) is 0 Å². The van der Waals surface area contributed by atoms with Gasteiger partial charge >= 0.3 is 5.97 Å². The molecule has 5 heteroatoms. The zero-order valence-corrected chi connectivity index (χ0v) is 9.51. The Kier molecular flexibility index (Phi) is 2.99. The summed E-state index contributed by atoms with van der Waals surface area (Å²) in [5.74, 6) is -0.970. The molecular weight excluding hydrogens is 220 g/mol. The van der Waals surface area contributed by atoms with Crippen molar-refractivity contribution in [2.75, 3.05) is 16.8 Å². The Labute approximate surface area is 99.0 Å². The molecule has 0 radical (unpaired) electrons.